The van der Waals surface area contributed by atoms with Crippen LogP contribution in [-0.2, 0) is 0 Å². The minimum atomic E-state index is 0.649. The zero-order valence-electron chi connectivity index (χ0n) is 11.5. The van der Waals surface area contributed by atoms with Crippen molar-refractivity contribution in [3.05, 3.63) is 0 Å². The molecule has 0 aliphatic carbocycles. The monoisotopic (exact) mass is 213 g/mol. The van der Waals surface area contributed by atoms with Crippen molar-refractivity contribution in [2.75, 3.05) is 0 Å². The summed E-state index contributed by atoms with van der Waals surface area (Å²) in [6.07, 6.45) is 8.31. The Hall–Kier alpha value is -0.0400. The van der Waals surface area contributed by atoms with Crippen molar-refractivity contribution in [3.8, 4) is 0 Å². The van der Waals surface area contributed by atoms with Gasteiger partial charge in [-0.15, -0.1) is 0 Å². The van der Waals surface area contributed by atoms with Gasteiger partial charge in [-0.05, 0) is 26.2 Å². The van der Waals surface area contributed by atoms with E-state index in [0.717, 1.165) is 5.92 Å². The summed E-state index contributed by atoms with van der Waals surface area (Å²) in [5, 5.41) is 3.67. The molecule has 0 heterocycles. The fourth-order valence-corrected chi connectivity index (χ4v) is 1.78. The van der Waals surface area contributed by atoms with Crippen molar-refractivity contribution in [1.82, 2.24) is 5.32 Å². The maximum absolute atomic E-state index is 3.67. The molecule has 0 aromatic heterocycles. The molecular formula is C14H31N. The van der Waals surface area contributed by atoms with Crippen LogP contribution in [0.15, 0.2) is 0 Å². The lowest BCUT2D eigenvalue weighted by molar-refractivity contribution is 0.365. The van der Waals surface area contributed by atoms with Crippen molar-refractivity contribution < 1.29 is 0 Å². The first-order valence-corrected chi connectivity index (χ1v) is 6.84. The normalized spacial score (nSPS) is 15.6. The molecule has 15 heavy (non-hydrogen) atoms. The lowest BCUT2D eigenvalue weighted by Crippen LogP contribution is -2.37. The van der Waals surface area contributed by atoms with E-state index in [-0.39, 0.29) is 0 Å². The van der Waals surface area contributed by atoms with E-state index in [1.54, 1.807) is 0 Å². The standard InChI is InChI=1S/C14H31N/c1-6-7-8-9-10-11-13(4)15-14(5)12(2)3/h12-15H,6-11H2,1-5H3. The Morgan fingerprint density at radius 1 is 0.867 bits per heavy atom. The minimum absolute atomic E-state index is 0.649. The predicted molar refractivity (Wildman–Crippen MR) is 70.3 cm³/mol. The molecule has 1 N–H and O–H groups in total. The quantitative estimate of drug-likeness (QED) is 0.561. The Labute approximate surface area is 97.0 Å². The summed E-state index contributed by atoms with van der Waals surface area (Å²) in [5.41, 5.74) is 0. The summed E-state index contributed by atoms with van der Waals surface area (Å²) < 4.78 is 0. The van der Waals surface area contributed by atoms with Gasteiger partial charge in [-0.2, -0.15) is 0 Å². The average Bonchev–Trinajstić information content (AvgIpc) is 2.17. The third kappa shape index (κ3) is 8.92. The molecule has 0 saturated heterocycles. The third-order valence-corrected chi connectivity index (χ3v) is 3.29. The summed E-state index contributed by atoms with van der Waals surface area (Å²) in [6, 6.07) is 1.33. The highest BCUT2D eigenvalue weighted by Gasteiger charge is 2.09. The Morgan fingerprint density at radius 3 is 2.00 bits per heavy atom. The second-order valence-electron chi connectivity index (χ2n) is 5.30. The maximum atomic E-state index is 3.67. The Morgan fingerprint density at radius 2 is 1.47 bits per heavy atom. The van der Waals surface area contributed by atoms with Crippen LogP contribution in [0.2, 0.25) is 0 Å². The largest absolute Gasteiger partial charge is 0.312 e. The van der Waals surface area contributed by atoms with Gasteiger partial charge in [0.2, 0.25) is 0 Å². The first kappa shape index (κ1) is 15.0. The van der Waals surface area contributed by atoms with Crippen molar-refractivity contribution >= 4 is 0 Å². The van der Waals surface area contributed by atoms with Crippen molar-refractivity contribution in [2.24, 2.45) is 5.92 Å². The van der Waals surface area contributed by atoms with Crippen LogP contribution in [0.4, 0.5) is 0 Å². The number of nitrogens with one attached hydrogen (secondary N) is 1. The van der Waals surface area contributed by atoms with Gasteiger partial charge >= 0.3 is 0 Å². The van der Waals surface area contributed by atoms with Crippen LogP contribution >= 0.6 is 0 Å². The molecule has 0 aliphatic heterocycles. The smallest absolute Gasteiger partial charge is 0.00642 e. The maximum Gasteiger partial charge on any atom is 0.00642 e. The number of rotatable bonds is 9. The lowest BCUT2D eigenvalue weighted by atomic mass is 10.0. The molecule has 1 nitrogen and oxygen atoms in total. The van der Waals surface area contributed by atoms with E-state index in [1.165, 1.54) is 38.5 Å². The van der Waals surface area contributed by atoms with Gasteiger partial charge in [0.15, 0.2) is 0 Å². The van der Waals surface area contributed by atoms with E-state index in [0.29, 0.717) is 12.1 Å². The molecule has 0 fully saturated rings. The molecule has 2 atom stereocenters. The second-order valence-corrected chi connectivity index (χ2v) is 5.30. The zero-order valence-corrected chi connectivity index (χ0v) is 11.5. The molecule has 2 unspecified atom stereocenters. The average molecular weight is 213 g/mol. The highest BCUT2D eigenvalue weighted by molar-refractivity contribution is 4.69. The van der Waals surface area contributed by atoms with E-state index < -0.39 is 0 Å². The first-order valence-electron chi connectivity index (χ1n) is 6.84. The molecule has 92 valence electrons. The van der Waals surface area contributed by atoms with Crippen molar-refractivity contribution in [1.29, 1.82) is 0 Å². The van der Waals surface area contributed by atoms with Gasteiger partial charge in [0.25, 0.3) is 0 Å². The molecule has 0 radical (unpaired) electrons. The molecule has 0 spiro atoms. The van der Waals surface area contributed by atoms with Gasteiger partial charge in [-0.25, -0.2) is 0 Å². The molecule has 0 amide bonds. The molecule has 0 aliphatic rings. The number of unbranched alkanes of at least 4 members (excludes halogenated alkanes) is 4. The summed E-state index contributed by atoms with van der Waals surface area (Å²) in [4.78, 5) is 0. The Kier molecular flexibility index (Phi) is 9.18. The van der Waals surface area contributed by atoms with E-state index in [2.05, 4.69) is 39.9 Å². The van der Waals surface area contributed by atoms with Crippen molar-refractivity contribution in [2.45, 2.75) is 85.2 Å². The van der Waals surface area contributed by atoms with Gasteiger partial charge in [0, 0.05) is 12.1 Å². The predicted octanol–water partition coefficient (Wildman–Crippen LogP) is 4.37. The molecule has 1 heteroatoms. The second kappa shape index (κ2) is 9.21. The van der Waals surface area contributed by atoms with Crippen LogP contribution in [0.1, 0.15) is 73.1 Å². The molecular weight excluding hydrogens is 182 g/mol. The molecule has 0 bridgehead atoms. The van der Waals surface area contributed by atoms with Gasteiger partial charge in [0.05, 0.1) is 0 Å². The van der Waals surface area contributed by atoms with Gasteiger partial charge < -0.3 is 5.32 Å². The third-order valence-electron chi connectivity index (χ3n) is 3.29. The fraction of sp³-hybridized carbons (Fsp3) is 1.00. The number of hydrogen-bond acceptors (Lipinski definition) is 1. The molecule has 0 aromatic carbocycles. The summed E-state index contributed by atoms with van der Waals surface area (Å²) in [7, 11) is 0. The molecule has 0 aromatic rings. The first-order chi connectivity index (χ1) is 7.07. The Bertz CT molecular complexity index is 131. The van der Waals surface area contributed by atoms with Crippen molar-refractivity contribution in [3.63, 3.8) is 0 Å². The molecule has 0 rings (SSSR count). The van der Waals surface area contributed by atoms with Gasteiger partial charge in [-0.1, -0.05) is 52.9 Å². The lowest BCUT2D eigenvalue weighted by Gasteiger charge is -2.22. The SMILES string of the molecule is CCCCCCCC(C)NC(C)C(C)C. The number of hydrogen-bond donors (Lipinski definition) is 1. The summed E-state index contributed by atoms with van der Waals surface area (Å²) >= 11 is 0. The van der Waals surface area contributed by atoms with Crippen LogP contribution in [0.3, 0.4) is 0 Å². The van der Waals surface area contributed by atoms with Crippen LogP contribution in [0.5, 0.6) is 0 Å². The van der Waals surface area contributed by atoms with Crippen LogP contribution in [0, 0.1) is 5.92 Å². The van der Waals surface area contributed by atoms with Crippen LogP contribution < -0.4 is 5.32 Å². The van der Waals surface area contributed by atoms with E-state index in [9.17, 15) is 0 Å². The highest BCUT2D eigenvalue weighted by atomic mass is 14.9. The summed E-state index contributed by atoms with van der Waals surface area (Å²) in [6.45, 7) is 11.4. The van der Waals surface area contributed by atoms with Gasteiger partial charge in [0.1, 0.15) is 0 Å². The topological polar surface area (TPSA) is 12.0 Å². The highest BCUT2D eigenvalue weighted by Crippen LogP contribution is 2.09. The zero-order chi connectivity index (χ0) is 11.7. The van der Waals surface area contributed by atoms with Crippen LogP contribution in [0.25, 0.3) is 0 Å². The Balaban J connectivity index is 3.36. The van der Waals surface area contributed by atoms with Gasteiger partial charge in [-0.3, -0.25) is 0 Å². The summed E-state index contributed by atoms with van der Waals surface area (Å²) in [5.74, 6) is 0.743. The van der Waals surface area contributed by atoms with E-state index in [4.69, 9.17) is 0 Å². The van der Waals surface area contributed by atoms with E-state index >= 15 is 0 Å². The molecule has 0 saturated carbocycles. The van der Waals surface area contributed by atoms with Crippen LogP contribution in [-0.4, -0.2) is 12.1 Å². The van der Waals surface area contributed by atoms with E-state index in [1.807, 2.05) is 0 Å². The fourth-order valence-electron chi connectivity index (χ4n) is 1.78. The minimum Gasteiger partial charge on any atom is -0.312 e.